The van der Waals surface area contributed by atoms with Crippen molar-refractivity contribution < 1.29 is 23.8 Å². The molecule has 0 unspecified atom stereocenters. The van der Waals surface area contributed by atoms with E-state index in [1.807, 2.05) is 53.4 Å². The molecular weight excluding hydrogens is 444 g/mol. The minimum atomic E-state index is -0.272. The molecule has 180 valence electrons. The summed E-state index contributed by atoms with van der Waals surface area (Å²) in [5.74, 6) is 1.22. The van der Waals surface area contributed by atoms with Gasteiger partial charge in [-0.05, 0) is 72.5 Å². The van der Waals surface area contributed by atoms with E-state index in [1.54, 1.807) is 39.5 Å². The lowest BCUT2D eigenvalue weighted by molar-refractivity contribution is -0.111. The number of fused-ring (bicyclic) bond motifs is 1. The molecule has 0 bridgehead atoms. The van der Waals surface area contributed by atoms with Crippen LogP contribution in [-0.2, 0) is 11.2 Å². The van der Waals surface area contributed by atoms with Crippen LogP contribution >= 0.6 is 0 Å². The standard InChI is InChI=1S/C28H28N2O5/c1-33-24-16-19(17-25(34-2)27(24)35-3)11-14-26(31)29-22-12-13-23-21(18-22)10-7-15-30(23)28(32)20-8-5-4-6-9-20/h4-6,8-9,11-14,16-18H,7,10,15H2,1-3H3,(H,29,31)/b14-11+. The van der Waals surface area contributed by atoms with Gasteiger partial charge in [0.05, 0.1) is 21.3 Å². The van der Waals surface area contributed by atoms with Gasteiger partial charge in [0, 0.05) is 29.6 Å². The lowest BCUT2D eigenvalue weighted by Gasteiger charge is -2.30. The average Bonchev–Trinajstić information content (AvgIpc) is 2.90. The Labute approximate surface area is 204 Å². The van der Waals surface area contributed by atoms with Crippen molar-refractivity contribution in [1.29, 1.82) is 0 Å². The molecule has 0 spiro atoms. The summed E-state index contributed by atoms with van der Waals surface area (Å²) < 4.78 is 16.1. The number of ether oxygens (including phenoxy) is 3. The van der Waals surface area contributed by atoms with Crippen LogP contribution in [0, 0.1) is 0 Å². The molecule has 35 heavy (non-hydrogen) atoms. The number of rotatable bonds is 7. The Bertz CT molecular complexity index is 1230. The molecule has 3 aromatic rings. The summed E-state index contributed by atoms with van der Waals surface area (Å²) in [5.41, 5.74) is 3.99. The first-order chi connectivity index (χ1) is 17.0. The topological polar surface area (TPSA) is 77.1 Å². The Balaban J connectivity index is 1.48. The van der Waals surface area contributed by atoms with E-state index in [4.69, 9.17) is 14.2 Å². The maximum absolute atomic E-state index is 13.0. The lowest BCUT2D eigenvalue weighted by atomic mass is 10.00. The normalized spacial score (nSPS) is 12.7. The Morgan fingerprint density at radius 1 is 0.914 bits per heavy atom. The van der Waals surface area contributed by atoms with Gasteiger partial charge in [-0.15, -0.1) is 0 Å². The van der Waals surface area contributed by atoms with Crippen LogP contribution in [0.3, 0.4) is 0 Å². The highest BCUT2D eigenvalue weighted by Gasteiger charge is 2.23. The summed E-state index contributed by atoms with van der Waals surface area (Å²) in [4.78, 5) is 27.4. The number of carbonyl (C=O) groups is 2. The van der Waals surface area contributed by atoms with Gasteiger partial charge in [-0.2, -0.15) is 0 Å². The molecule has 1 aliphatic heterocycles. The monoisotopic (exact) mass is 472 g/mol. The minimum absolute atomic E-state index is 0.0170. The number of hydrogen-bond acceptors (Lipinski definition) is 5. The molecule has 1 aliphatic rings. The van der Waals surface area contributed by atoms with Gasteiger partial charge < -0.3 is 24.4 Å². The van der Waals surface area contributed by atoms with E-state index in [2.05, 4.69) is 5.32 Å². The van der Waals surface area contributed by atoms with Crippen molar-refractivity contribution in [3.05, 3.63) is 83.4 Å². The molecule has 7 heteroatoms. The van der Waals surface area contributed by atoms with Gasteiger partial charge in [-0.25, -0.2) is 0 Å². The Morgan fingerprint density at radius 3 is 2.29 bits per heavy atom. The first kappa shape index (κ1) is 23.9. The zero-order chi connectivity index (χ0) is 24.8. The second kappa shape index (κ2) is 10.8. The van der Waals surface area contributed by atoms with Crippen LogP contribution < -0.4 is 24.4 Å². The summed E-state index contributed by atoms with van der Waals surface area (Å²) in [6.45, 7) is 0.671. The van der Waals surface area contributed by atoms with E-state index in [-0.39, 0.29) is 11.8 Å². The third-order valence-electron chi connectivity index (χ3n) is 5.85. The first-order valence-corrected chi connectivity index (χ1v) is 11.3. The molecular formula is C28H28N2O5. The van der Waals surface area contributed by atoms with Crippen molar-refractivity contribution in [3.8, 4) is 17.2 Å². The fourth-order valence-corrected chi connectivity index (χ4v) is 4.18. The fourth-order valence-electron chi connectivity index (χ4n) is 4.18. The van der Waals surface area contributed by atoms with Gasteiger partial charge in [0.15, 0.2) is 11.5 Å². The average molecular weight is 473 g/mol. The second-order valence-corrected chi connectivity index (χ2v) is 8.05. The number of amides is 2. The second-order valence-electron chi connectivity index (χ2n) is 8.05. The van der Waals surface area contributed by atoms with Crippen LogP contribution in [-0.4, -0.2) is 39.7 Å². The molecule has 4 rings (SSSR count). The molecule has 1 heterocycles. The van der Waals surface area contributed by atoms with Crippen LogP contribution in [0.1, 0.15) is 27.9 Å². The minimum Gasteiger partial charge on any atom is -0.493 e. The van der Waals surface area contributed by atoms with Crippen molar-refractivity contribution in [2.75, 3.05) is 38.1 Å². The van der Waals surface area contributed by atoms with Crippen molar-refractivity contribution in [2.45, 2.75) is 12.8 Å². The smallest absolute Gasteiger partial charge is 0.258 e. The third-order valence-corrected chi connectivity index (χ3v) is 5.85. The van der Waals surface area contributed by atoms with E-state index < -0.39 is 0 Å². The van der Waals surface area contributed by atoms with Crippen LogP contribution in [0.5, 0.6) is 17.2 Å². The maximum atomic E-state index is 13.0. The number of anilines is 2. The highest BCUT2D eigenvalue weighted by Crippen LogP contribution is 2.38. The van der Waals surface area contributed by atoms with Gasteiger partial charge in [0.2, 0.25) is 11.7 Å². The van der Waals surface area contributed by atoms with Gasteiger partial charge in [0.25, 0.3) is 5.91 Å². The van der Waals surface area contributed by atoms with Crippen molar-refractivity contribution in [1.82, 2.24) is 0 Å². The Morgan fingerprint density at radius 2 is 1.63 bits per heavy atom. The number of benzene rings is 3. The van der Waals surface area contributed by atoms with Gasteiger partial charge in [-0.3, -0.25) is 9.59 Å². The number of nitrogens with one attached hydrogen (secondary N) is 1. The molecule has 1 N–H and O–H groups in total. The zero-order valence-electron chi connectivity index (χ0n) is 20.0. The summed E-state index contributed by atoms with van der Waals surface area (Å²) in [6, 6.07) is 18.5. The highest BCUT2D eigenvalue weighted by molar-refractivity contribution is 6.07. The number of aryl methyl sites for hydroxylation is 1. The SMILES string of the molecule is COc1cc(/C=C/C(=O)Nc2ccc3c(c2)CCCN3C(=O)c2ccccc2)cc(OC)c1OC. The predicted octanol–water partition coefficient (Wildman–Crippen LogP) is 4.96. The lowest BCUT2D eigenvalue weighted by Crippen LogP contribution is -2.35. The molecule has 0 atom stereocenters. The quantitative estimate of drug-likeness (QED) is 0.492. The molecule has 0 saturated carbocycles. The molecule has 0 radical (unpaired) electrons. The van der Waals surface area contributed by atoms with Crippen LogP contribution in [0.2, 0.25) is 0 Å². The van der Waals surface area contributed by atoms with E-state index >= 15 is 0 Å². The van der Waals surface area contributed by atoms with Gasteiger partial charge >= 0.3 is 0 Å². The molecule has 0 aromatic heterocycles. The summed E-state index contributed by atoms with van der Waals surface area (Å²) >= 11 is 0. The summed E-state index contributed by atoms with van der Waals surface area (Å²) in [7, 11) is 4.63. The van der Waals surface area contributed by atoms with Crippen LogP contribution in [0.25, 0.3) is 6.08 Å². The maximum Gasteiger partial charge on any atom is 0.258 e. The number of methoxy groups -OCH3 is 3. The van der Waals surface area contributed by atoms with Crippen LogP contribution in [0.15, 0.2) is 66.7 Å². The molecule has 0 fully saturated rings. The van der Waals surface area contributed by atoms with E-state index in [0.717, 1.165) is 29.7 Å². The third kappa shape index (κ3) is 5.30. The van der Waals surface area contributed by atoms with E-state index in [0.29, 0.717) is 35.0 Å². The highest BCUT2D eigenvalue weighted by atomic mass is 16.5. The number of hydrogen-bond donors (Lipinski definition) is 1. The Hall–Kier alpha value is -4.26. The summed E-state index contributed by atoms with van der Waals surface area (Å²) in [6.07, 6.45) is 4.84. The predicted molar refractivity (Wildman–Crippen MR) is 137 cm³/mol. The molecule has 2 amide bonds. The van der Waals surface area contributed by atoms with Gasteiger partial charge in [0.1, 0.15) is 0 Å². The first-order valence-electron chi connectivity index (χ1n) is 11.3. The van der Waals surface area contributed by atoms with E-state index in [1.165, 1.54) is 6.08 Å². The fraction of sp³-hybridized carbons (Fsp3) is 0.214. The van der Waals surface area contributed by atoms with Gasteiger partial charge in [-0.1, -0.05) is 18.2 Å². The van der Waals surface area contributed by atoms with Crippen LogP contribution in [0.4, 0.5) is 11.4 Å². The molecule has 0 aliphatic carbocycles. The zero-order valence-corrected chi connectivity index (χ0v) is 20.0. The summed E-state index contributed by atoms with van der Waals surface area (Å²) in [5, 5.41) is 2.90. The Kier molecular flexibility index (Phi) is 7.35. The van der Waals surface area contributed by atoms with E-state index in [9.17, 15) is 9.59 Å². The van der Waals surface area contributed by atoms with Crippen molar-refractivity contribution >= 4 is 29.3 Å². The molecule has 3 aromatic carbocycles. The molecule has 0 saturated heterocycles. The number of nitrogens with zero attached hydrogens (tertiary/aromatic N) is 1. The molecule has 7 nitrogen and oxygen atoms in total. The largest absolute Gasteiger partial charge is 0.493 e. The number of carbonyl (C=O) groups excluding carboxylic acids is 2. The van der Waals surface area contributed by atoms with Crippen molar-refractivity contribution in [3.63, 3.8) is 0 Å². The van der Waals surface area contributed by atoms with Crippen molar-refractivity contribution in [2.24, 2.45) is 0 Å².